The van der Waals surface area contributed by atoms with Crippen LogP contribution in [0.25, 0.3) is 0 Å². The zero-order chi connectivity index (χ0) is 15.0. The lowest BCUT2D eigenvalue weighted by Gasteiger charge is -2.28. The van der Waals surface area contributed by atoms with Crippen LogP contribution in [0, 0.1) is 0 Å². The topological polar surface area (TPSA) is 72.1 Å². The molecule has 1 amide bonds. The molecular weight excluding hydrogens is 311 g/mol. The number of benzene rings is 1. The van der Waals surface area contributed by atoms with Crippen molar-refractivity contribution in [3.8, 4) is 0 Å². The molecule has 21 heavy (non-hydrogen) atoms. The first-order valence-corrected chi connectivity index (χ1v) is 7.15. The average Bonchev–Trinajstić information content (AvgIpc) is 2.46. The molecule has 0 unspecified atom stereocenters. The van der Waals surface area contributed by atoms with Crippen LogP contribution < -0.4 is 5.73 Å². The molecule has 108 valence electrons. The highest BCUT2D eigenvalue weighted by molar-refractivity contribution is 6.36. The summed E-state index contributed by atoms with van der Waals surface area (Å²) < 4.78 is 0. The first-order chi connectivity index (χ1) is 10.0. The molecule has 1 aromatic carbocycles. The van der Waals surface area contributed by atoms with E-state index in [9.17, 15) is 4.79 Å². The summed E-state index contributed by atoms with van der Waals surface area (Å²) in [5.74, 6) is 0.0760. The Bertz CT molecular complexity index is 720. The van der Waals surface area contributed by atoms with Crippen molar-refractivity contribution in [2.45, 2.75) is 13.0 Å². The summed E-state index contributed by atoms with van der Waals surface area (Å²) in [5, 5.41) is 0.849. The van der Waals surface area contributed by atoms with Crippen LogP contribution in [0.2, 0.25) is 10.0 Å². The van der Waals surface area contributed by atoms with Gasteiger partial charge < -0.3 is 10.6 Å². The number of halogens is 2. The molecule has 1 aromatic heterocycles. The third-order valence-corrected chi connectivity index (χ3v) is 3.96. The second-order valence-corrected chi connectivity index (χ2v) is 5.64. The molecule has 3 rings (SSSR count). The van der Waals surface area contributed by atoms with Crippen molar-refractivity contribution < 1.29 is 4.79 Å². The maximum absolute atomic E-state index is 12.6. The molecule has 0 spiro atoms. The number of aromatic nitrogens is 2. The van der Waals surface area contributed by atoms with Crippen LogP contribution in [-0.4, -0.2) is 27.3 Å². The van der Waals surface area contributed by atoms with Crippen LogP contribution in [0.5, 0.6) is 0 Å². The summed E-state index contributed by atoms with van der Waals surface area (Å²) in [6, 6.07) is 4.85. The standard InChI is InChI=1S/C14H12Cl2N4O/c15-9-1-2-10(11(16)5-9)13(21)20-4-3-8-6-18-14(17)19-12(8)7-20/h1-2,5-6H,3-4,7H2,(H2,17,18,19). The number of carbonyl (C=O) groups excluding carboxylic acids is 1. The molecule has 1 aliphatic rings. The molecule has 5 nitrogen and oxygen atoms in total. The lowest BCUT2D eigenvalue weighted by Crippen LogP contribution is -2.36. The average molecular weight is 323 g/mol. The van der Waals surface area contributed by atoms with Crippen molar-refractivity contribution in [3.05, 3.63) is 51.3 Å². The van der Waals surface area contributed by atoms with E-state index in [1.807, 2.05) is 0 Å². The van der Waals surface area contributed by atoms with E-state index in [2.05, 4.69) is 9.97 Å². The normalized spacial score (nSPS) is 13.9. The number of nitrogens with two attached hydrogens (primary N) is 1. The minimum atomic E-state index is -0.139. The predicted molar refractivity (Wildman–Crippen MR) is 81.4 cm³/mol. The Hall–Kier alpha value is -1.85. The van der Waals surface area contributed by atoms with Gasteiger partial charge >= 0.3 is 0 Å². The van der Waals surface area contributed by atoms with Gasteiger partial charge in [-0.1, -0.05) is 23.2 Å². The molecule has 0 saturated carbocycles. The number of carbonyl (C=O) groups is 1. The monoisotopic (exact) mass is 322 g/mol. The van der Waals surface area contributed by atoms with Crippen molar-refractivity contribution in [3.63, 3.8) is 0 Å². The van der Waals surface area contributed by atoms with Crippen LogP contribution in [0.4, 0.5) is 5.95 Å². The van der Waals surface area contributed by atoms with E-state index < -0.39 is 0 Å². The molecule has 7 heteroatoms. The Morgan fingerprint density at radius 3 is 2.90 bits per heavy atom. The number of hydrogen-bond donors (Lipinski definition) is 1. The largest absolute Gasteiger partial charge is 0.368 e. The quantitative estimate of drug-likeness (QED) is 0.875. The molecule has 0 bridgehead atoms. The van der Waals surface area contributed by atoms with Gasteiger partial charge in [-0.15, -0.1) is 0 Å². The summed E-state index contributed by atoms with van der Waals surface area (Å²) in [7, 11) is 0. The summed E-state index contributed by atoms with van der Waals surface area (Å²) in [6.45, 7) is 0.998. The lowest BCUT2D eigenvalue weighted by molar-refractivity contribution is 0.0732. The van der Waals surface area contributed by atoms with E-state index in [0.29, 0.717) is 35.1 Å². The second-order valence-electron chi connectivity index (χ2n) is 4.80. The molecule has 0 radical (unpaired) electrons. The van der Waals surface area contributed by atoms with Gasteiger partial charge in [0.1, 0.15) is 0 Å². The lowest BCUT2D eigenvalue weighted by atomic mass is 10.1. The minimum Gasteiger partial charge on any atom is -0.368 e. The maximum Gasteiger partial charge on any atom is 0.255 e. The summed E-state index contributed by atoms with van der Waals surface area (Å²) in [4.78, 5) is 22.4. The van der Waals surface area contributed by atoms with Gasteiger partial charge in [0.05, 0.1) is 22.8 Å². The van der Waals surface area contributed by atoms with Crippen molar-refractivity contribution in [1.29, 1.82) is 0 Å². The molecule has 2 heterocycles. The Morgan fingerprint density at radius 2 is 2.14 bits per heavy atom. The number of nitrogens with zero attached hydrogens (tertiary/aromatic N) is 3. The maximum atomic E-state index is 12.6. The van der Waals surface area contributed by atoms with Crippen molar-refractivity contribution >= 4 is 35.1 Å². The molecule has 2 N–H and O–H groups in total. The third kappa shape index (κ3) is 2.80. The van der Waals surface area contributed by atoms with E-state index >= 15 is 0 Å². The van der Waals surface area contributed by atoms with Crippen LogP contribution >= 0.6 is 23.2 Å². The van der Waals surface area contributed by atoms with Crippen LogP contribution in [0.3, 0.4) is 0 Å². The Labute approximate surface area is 131 Å². The summed E-state index contributed by atoms with van der Waals surface area (Å²) in [6.07, 6.45) is 2.42. The van der Waals surface area contributed by atoms with E-state index in [4.69, 9.17) is 28.9 Å². The number of fused-ring (bicyclic) bond motifs is 1. The highest BCUT2D eigenvalue weighted by Crippen LogP contribution is 2.25. The Kier molecular flexibility index (Phi) is 3.69. The van der Waals surface area contributed by atoms with Gasteiger partial charge in [0.15, 0.2) is 0 Å². The van der Waals surface area contributed by atoms with Gasteiger partial charge in [0.2, 0.25) is 5.95 Å². The van der Waals surface area contributed by atoms with Crippen LogP contribution in [0.15, 0.2) is 24.4 Å². The van der Waals surface area contributed by atoms with E-state index in [-0.39, 0.29) is 11.9 Å². The fourth-order valence-corrected chi connectivity index (χ4v) is 2.81. The fraction of sp³-hybridized carbons (Fsp3) is 0.214. The fourth-order valence-electron chi connectivity index (χ4n) is 2.33. The molecule has 2 aromatic rings. The number of nitrogen functional groups attached to an aromatic ring is 1. The first-order valence-electron chi connectivity index (χ1n) is 6.39. The summed E-state index contributed by atoms with van der Waals surface area (Å²) in [5.41, 5.74) is 7.84. The van der Waals surface area contributed by atoms with Gasteiger partial charge in [0.25, 0.3) is 5.91 Å². The van der Waals surface area contributed by atoms with Crippen molar-refractivity contribution in [2.75, 3.05) is 12.3 Å². The SMILES string of the molecule is Nc1ncc2c(n1)CN(C(=O)c1ccc(Cl)cc1Cl)CC2. The number of rotatable bonds is 1. The zero-order valence-electron chi connectivity index (χ0n) is 11.0. The van der Waals surface area contributed by atoms with Gasteiger partial charge in [-0.2, -0.15) is 0 Å². The van der Waals surface area contributed by atoms with E-state index in [1.54, 1.807) is 29.3 Å². The molecule has 1 aliphatic heterocycles. The molecule has 0 aliphatic carbocycles. The molecule has 0 saturated heterocycles. The number of hydrogen-bond acceptors (Lipinski definition) is 4. The zero-order valence-corrected chi connectivity index (χ0v) is 12.5. The minimum absolute atomic E-state index is 0.139. The van der Waals surface area contributed by atoms with Gasteiger partial charge in [-0.25, -0.2) is 9.97 Å². The smallest absolute Gasteiger partial charge is 0.255 e. The summed E-state index contributed by atoms with van der Waals surface area (Å²) >= 11 is 11.9. The van der Waals surface area contributed by atoms with Gasteiger partial charge in [-0.3, -0.25) is 4.79 Å². The van der Waals surface area contributed by atoms with Crippen molar-refractivity contribution in [2.24, 2.45) is 0 Å². The Balaban J connectivity index is 1.87. The van der Waals surface area contributed by atoms with Crippen LogP contribution in [0.1, 0.15) is 21.6 Å². The van der Waals surface area contributed by atoms with E-state index in [1.165, 1.54) is 0 Å². The van der Waals surface area contributed by atoms with Gasteiger partial charge in [-0.05, 0) is 30.2 Å². The molecule has 0 atom stereocenters. The third-order valence-electron chi connectivity index (χ3n) is 3.41. The van der Waals surface area contributed by atoms with Gasteiger partial charge in [0, 0.05) is 17.8 Å². The first kappa shape index (κ1) is 14.1. The predicted octanol–water partition coefficient (Wildman–Crippen LogP) is 2.56. The number of amides is 1. The van der Waals surface area contributed by atoms with Crippen LogP contribution in [-0.2, 0) is 13.0 Å². The highest BCUT2D eigenvalue weighted by atomic mass is 35.5. The van der Waals surface area contributed by atoms with Crippen molar-refractivity contribution in [1.82, 2.24) is 14.9 Å². The second kappa shape index (κ2) is 5.50. The molecule has 0 fully saturated rings. The number of anilines is 1. The van der Waals surface area contributed by atoms with E-state index in [0.717, 1.165) is 11.3 Å². The highest BCUT2D eigenvalue weighted by Gasteiger charge is 2.24. The molecular formula is C14H12Cl2N4O. The Morgan fingerprint density at radius 1 is 1.33 bits per heavy atom.